The first-order valence-corrected chi connectivity index (χ1v) is 3.16. The van der Waals surface area contributed by atoms with E-state index in [2.05, 4.69) is 29.8 Å². The van der Waals surface area contributed by atoms with Crippen molar-refractivity contribution in [3.8, 4) is 0 Å². The quantitative estimate of drug-likeness (QED) is 0.530. The summed E-state index contributed by atoms with van der Waals surface area (Å²) >= 11 is 3.41. The topological polar surface area (TPSA) is 0 Å². The molecule has 0 aliphatic heterocycles. The minimum Gasteiger partial charge on any atom is -0.0891 e. The van der Waals surface area contributed by atoms with Gasteiger partial charge in [-0.3, -0.25) is 0 Å². The highest BCUT2D eigenvalue weighted by Gasteiger charge is 1.91. The second kappa shape index (κ2) is 3.66. The largest absolute Gasteiger partial charge is 0.0891 e. The van der Waals surface area contributed by atoms with E-state index in [-0.39, 0.29) is 0 Å². The molecule has 1 unspecified atom stereocenters. The molecular weight excluding hydrogens is 140 g/mol. The van der Waals surface area contributed by atoms with Crippen molar-refractivity contribution in [2.75, 3.05) is 0 Å². The average Bonchev–Trinajstić information content (AvgIpc) is 1.65. The van der Waals surface area contributed by atoms with Crippen LogP contribution >= 0.6 is 15.9 Å². The third kappa shape index (κ3) is 2.70. The van der Waals surface area contributed by atoms with Crippen LogP contribution in [0.25, 0.3) is 0 Å². The lowest BCUT2D eigenvalue weighted by molar-refractivity contribution is 0.849. The van der Waals surface area contributed by atoms with Crippen molar-refractivity contribution < 1.29 is 0 Å². The summed E-state index contributed by atoms with van der Waals surface area (Å²) in [6.45, 7) is 5.85. The van der Waals surface area contributed by atoms with E-state index in [1.165, 1.54) is 6.42 Å². The molecule has 0 rings (SSSR count). The van der Waals surface area contributed by atoms with Gasteiger partial charge >= 0.3 is 0 Å². The van der Waals surface area contributed by atoms with Gasteiger partial charge in [0, 0.05) is 4.83 Å². The van der Waals surface area contributed by atoms with Crippen LogP contribution in [0.4, 0.5) is 0 Å². The fraction of sp³-hybridized carbons (Fsp3) is 0.800. The van der Waals surface area contributed by atoms with Gasteiger partial charge in [0.25, 0.3) is 0 Å². The number of hydrogen-bond acceptors (Lipinski definition) is 0. The number of halogens is 1. The van der Waals surface area contributed by atoms with Gasteiger partial charge in [-0.1, -0.05) is 29.8 Å². The van der Waals surface area contributed by atoms with Crippen LogP contribution in [0.3, 0.4) is 0 Å². The Balaban J connectivity index is 2.75. The molecule has 0 nitrogen and oxygen atoms in total. The van der Waals surface area contributed by atoms with Crippen LogP contribution in [-0.2, 0) is 0 Å². The maximum absolute atomic E-state index is 3.71. The minimum atomic E-state index is 0.637. The maximum atomic E-state index is 3.71. The second-order valence-electron chi connectivity index (χ2n) is 1.29. The van der Waals surface area contributed by atoms with E-state index in [9.17, 15) is 0 Å². The monoisotopic (exact) mass is 149 g/mol. The SMILES string of the molecule is [CH2]CC(Br)CC. The third-order valence-electron chi connectivity index (χ3n) is 0.756. The first-order valence-electron chi connectivity index (χ1n) is 2.24. The molecular formula is C5H10Br. The standard InChI is InChI=1S/C5H10Br/c1-3-5(6)4-2/h5H,1,3-4H2,2H3. The fourth-order valence-corrected chi connectivity index (χ4v) is 0.204. The lowest BCUT2D eigenvalue weighted by Crippen LogP contribution is -1.88. The summed E-state index contributed by atoms with van der Waals surface area (Å²) in [4.78, 5) is 0.637. The van der Waals surface area contributed by atoms with Crippen molar-refractivity contribution in [1.29, 1.82) is 0 Å². The molecule has 0 heterocycles. The summed E-state index contributed by atoms with van der Waals surface area (Å²) in [5, 5.41) is 0. The van der Waals surface area contributed by atoms with Gasteiger partial charge < -0.3 is 0 Å². The third-order valence-corrected chi connectivity index (χ3v) is 1.86. The van der Waals surface area contributed by atoms with Gasteiger partial charge in [0.05, 0.1) is 0 Å². The fourth-order valence-electron chi connectivity index (χ4n) is 0.204. The highest BCUT2D eigenvalue weighted by atomic mass is 79.9. The van der Waals surface area contributed by atoms with Gasteiger partial charge in [0.2, 0.25) is 0 Å². The lowest BCUT2D eigenvalue weighted by atomic mass is 10.3. The summed E-state index contributed by atoms with van der Waals surface area (Å²) < 4.78 is 0. The van der Waals surface area contributed by atoms with Crippen molar-refractivity contribution in [2.24, 2.45) is 0 Å². The van der Waals surface area contributed by atoms with Crippen LogP contribution in [-0.4, -0.2) is 4.83 Å². The molecule has 1 heteroatoms. The van der Waals surface area contributed by atoms with Crippen molar-refractivity contribution in [3.63, 3.8) is 0 Å². The van der Waals surface area contributed by atoms with E-state index in [0.717, 1.165) is 6.42 Å². The van der Waals surface area contributed by atoms with E-state index in [4.69, 9.17) is 0 Å². The Bertz CT molecular complexity index is 23.1. The molecule has 0 aliphatic rings. The second-order valence-corrected chi connectivity index (χ2v) is 2.59. The molecule has 1 atom stereocenters. The van der Waals surface area contributed by atoms with Crippen molar-refractivity contribution in [3.05, 3.63) is 6.92 Å². The highest BCUT2D eigenvalue weighted by molar-refractivity contribution is 9.09. The first kappa shape index (κ1) is 6.48. The number of alkyl halides is 1. The predicted molar refractivity (Wildman–Crippen MR) is 33.0 cm³/mol. The number of hydrogen-bond donors (Lipinski definition) is 0. The Kier molecular flexibility index (Phi) is 3.96. The summed E-state index contributed by atoms with van der Waals surface area (Å²) in [5.74, 6) is 0. The van der Waals surface area contributed by atoms with E-state index >= 15 is 0 Å². The van der Waals surface area contributed by atoms with Crippen molar-refractivity contribution in [1.82, 2.24) is 0 Å². The Morgan fingerprint density at radius 1 is 1.83 bits per heavy atom. The molecule has 0 aromatic heterocycles. The highest BCUT2D eigenvalue weighted by Crippen LogP contribution is 2.06. The first-order chi connectivity index (χ1) is 2.81. The van der Waals surface area contributed by atoms with Gasteiger partial charge in [-0.15, -0.1) is 0 Å². The summed E-state index contributed by atoms with van der Waals surface area (Å²) in [7, 11) is 0. The van der Waals surface area contributed by atoms with Crippen LogP contribution in [0.15, 0.2) is 0 Å². The normalized spacial score (nSPS) is 10.0. The smallest absolute Gasteiger partial charge is 0.0143 e. The molecule has 0 saturated heterocycles. The van der Waals surface area contributed by atoms with Gasteiger partial charge in [0.1, 0.15) is 0 Å². The molecule has 0 fully saturated rings. The summed E-state index contributed by atoms with van der Waals surface area (Å²) in [6.07, 6.45) is 2.18. The molecule has 1 radical (unpaired) electrons. The van der Waals surface area contributed by atoms with Gasteiger partial charge in [0.15, 0.2) is 0 Å². The molecule has 0 bridgehead atoms. The average molecular weight is 150 g/mol. The predicted octanol–water partition coefficient (Wildman–Crippen LogP) is 2.38. The summed E-state index contributed by atoms with van der Waals surface area (Å²) in [6, 6.07) is 0. The zero-order chi connectivity index (χ0) is 4.99. The molecule has 0 amide bonds. The summed E-state index contributed by atoms with van der Waals surface area (Å²) in [5.41, 5.74) is 0. The van der Waals surface area contributed by atoms with Crippen molar-refractivity contribution >= 4 is 15.9 Å². The Labute approximate surface area is 48.1 Å². The molecule has 0 saturated carbocycles. The van der Waals surface area contributed by atoms with E-state index in [1.807, 2.05) is 0 Å². The van der Waals surface area contributed by atoms with Crippen LogP contribution in [0, 0.1) is 6.92 Å². The molecule has 0 spiro atoms. The van der Waals surface area contributed by atoms with E-state index in [0.29, 0.717) is 4.83 Å². The van der Waals surface area contributed by atoms with Crippen LogP contribution in [0.2, 0.25) is 0 Å². The van der Waals surface area contributed by atoms with Crippen molar-refractivity contribution in [2.45, 2.75) is 24.6 Å². The molecule has 0 aliphatic carbocycles. The molecule has 0 N–H and O–H groups in total. The Hall–Kier alpha value is 0.480. The molecule has 0 aromatic carbocycles. The van der Waals surface area contributed by atoms with E-state index < -0.39 is 0 Å². The van der Waals surface area contributed by atoms with Gasteiger partial charge in [-0.2, -0.15) is 0 Å². The lowest BCUT2D eigenvalue weighted by Gasteiger charge is -1.96. The Morgan fingerprint density at radius 3 is 2.33 bits per heavy atom. The minimum absolute atomic E-state index is 0.637. The Morgan fingerprint density at radius 2 is 2.33 bits per heavy atom. The maximum Gasteiger partial charge on any atom is 0.0143 e. The molecule has 6 heavy (non-hydrogen) atoms. The van der Waals surface area contributed by atoms with Crippen LogP contribution in [0.5, 0.6) is 0 Å². The molecule has 37 valence electrons. The molecule has 0 aromatic rings. The number of rotatable bonds is 2. The van der Waals surface area contributed by atoms with Crippen LogP contribution < -0.4 is 0 Å². The van der Waals surface area contributed by atoms with Gasteiger partial charge in [-0.05, 0) is 12.8 Å². The van der Waals surface area contributed by atoms with Crippen LogP contribution in [0.1, 0.15) is 19.8 Å². The zero-order valence-electron chi connectivity index (χ0n) is 4.08. The van der Waals surface area contributed by atoms with Gasteiger partial charge in [-0.25, -0.2) is 0 Å². The zero-order valence-corrected chi connectivity index (χ0v) is 5.66. The van der Waals surface area contributed by atoms with E-state index in [1.54, 1.807) is 0 Å².